The first-order valence-electron chi connectivity index (χ1n) is 6.54. The molecule has 110 valence electrons. The number of hydrogen-bond donors (Lipinski definition) is 3. The molecule has 2 rings (SSSR count). The monoisotopic (exact) mass is 286 g/mol. The first kappa shape index (κ1) is 14.7. The molecule has 0 bridgehead atoms. The second-order valence-electron chi connectivity index (χ2n) is 4.75. The maximum absolute atomic E-state index is 11.3. The highest BCUT2D eigenvalue weighted by molar-refractivity contribution is 5.95. The van der Waals surface area contributed by atoms with Crippen molar-refractivity contribution in [2.75, 3.05) is 18.2 Å². The Morgan fingerprint density at radius 3 is 2.48 bits per heavy atom. The van der Waals surface area contributed by atoms with Crippen molar-refractivity contribution in [2.24, 2.45) is 0 Å². The first-order chi connectivity index (χ1) is 10.0. The van der Waals surface area contributed by atoms with Crippen LogP contribution in [0, 0.1) is 0 Å². The van der Waals surface area contributed by atoms with Gasteiger partial charge in [0.15, 0.2) is 0 Å². The number of ether oxygens (including phenoxy) is 1. The van der Waals surface area contributed by atoms with Gasteiger partial charge in [0.2, 0.25) is 0 Å². The average molecular weight is 286 g/mol. The molecule has 0 aliphatic rings. The lowest BCUT2D eigenvalue weighted by molar-refractivity contribution is 0.0698. The van der Waals surface area contributed by atoms with Crippen LogP contribution in [0.5, 0.6) is 5.75 Å². The van der Waals surface area contributed by atoms with Crippen LogP contribution in [0.2, 0.25) is 0 Å². The van der Waals surface area contributed by atoms with Gasteiger partial charge in [0, 0.05) is 17.4 Å². The molecule has 0 spiro atoms. The molecule has 0 saturated carbocycles. The molecule has 2 aromatic rings. The predicted octanol–water partition coefficient (Wildman–Crippen LogP) is 3.15. The van der Waals surface area contributed by atoms with Crippen molar-refractivity contribution in [3.8, 4) is 5.75 Å². The lowest BCUT2D eigenvalue weighted by atomic mass is 10.1. The fourth-order valence-corrected chi connectivity index (χ4v) is 2.07. The van der Waals surface area contributed by atoms with Crippen LogP contribution in [0.1, 0.15) is 28.9 Å². The standard InChI is InChI=1S/C16H18N2O3/c1-10(11-3-6-13(21-2)7-4-11)18-15-8-5-12(17)9-14(15)16(19)20/h3-10,18H,17H2,1-2H3,(H,19,20). The number of nitrogen functional groups attached to an aromatic ring is 1. The summed E-state index contributed by atoms with van der Waals surface area (Å²) >= 11 is 0. The van der Waals surface area contributed by atoms with Gasteiger partial charge in [-0.1, -0.05) is 12.1 Å². The van der Waals surface area contributed by atoms with Gasteiger partial charge in [-0.15, -0.1) is 0 Å². The molecule has 1 unspecified atom stereocenters. The molecule has 0 aliphatic heterocycles. The van der Waals surface area contributed by atoms with E-state index in [2.05, 4.69) is 5.32 Å². The van der Waals surface area contributed by atoms with Crippen molar-refractivity contribution in [1.82, 2.24) is 0 Å². The molecule has 21 heavy (non-hydrogen) atoms. The Kier molecular flexibility index (Phi) is 4.33. The number of nitrogens with one attached hydrogen (secondary N) is 1. The van der Waals surface area contributed by atoms with E-state index in [1.807, 2.05) is 31.2 Å². The van der Waals surface area contributed by atoms with Gasteiger partial charge in [-0.3, -0.25) is 0 Å². The number of carboxylic acids is 1. The van der Waals surface area contributed by atoms with Crippen LogP contribution < -0.4 is 15.8 Å². The molecule has 2 aromatic carbocycles. The first-order valence-corrected chi connectivity index (χ1v) is 6.54. The normalized spacial score (nSPS) is 11.7. The Morgan fingerprint density at radius 2 is 1.90 bits per heavy atom. The quantitative estimate of drug-likeness (QED) is 0.735. The Hall–Kier alpha value is -2.69. The van der Waals surface area contributed by atoms with E-state index >= 15 is 0 Å². The molecule has 0 heterocycles. The number of hydrogen-bond acceptors (Lipinski definition) is 4. The molecule has 0 amide bonds. The maximum Gasteiger partial charge on any atom is 0.337 e. The number of nitrogens with two attached hydrogens (primary N) is 1. The van der Waals surface area contributed by atoms with E-state index in [0.717, 1.165) is 11.3 Å². The zero-order valence-corrected chi connectivity index (χ0v) is 12.0. The molecule has 0 radical (unpaired) electrons. The Morgan fingerprint density at radius 1 is 1.24 bits per heavy atom. The Labute approximate surface area is 123 Å². The second kappa shape index (κ2) is 6.17. The van der Waals surface area contributed by atoms with Crippen LogP contribution in [0.3, 0.4) is 0 Å². The number of rotatable bonds is 5. The third kappa shape index (κ3) is 3.45. The van der Waals surface area contributed by atoms with E-state index in [4.69, 9.17) is 10.5 Å². The zero-order chi connectivity index (χ0) is 15.4. The fourth-order valence-electron chi connectivity index (χ4n) is 2.07. The number of aromatic carboxylic acids is 1. The highest BCUT2D eigenvalue weighted by Gasteiger charge is 2.13. The molecular weight excluding hydrogens is 268 g/mol. The van der Waals surface area contributed by atoms with Crippen molar-refractivity contribution in [1.29, 1.82) is 0 Å². The minimum absolute atomic E-state index is 0.0439. The van der Waals surface area contributed by atoms with E-state index in [1.54, 1.807) is 19.2 Å². The molecule has 0 aliphatic carbocycles. The molecule has 5 nitrogen and oxygen atoms in total. The fraction of sp³-hybridized carbons (Fsp3) is 0.188. The molecular formula is C16H18N2O3. The van der Waals surface area contributed by atoms with Crippen molar-refractivity contribution in [3.05, 3.63) is 53.6 Å². The number of carboxylic acid groups (broad SMARTS) is 1. The van der Waals surface area contributed by atoms with Crippen LogP contribution >= 0.6 is 0 Å². The summed E-state index contributed by atoms with van der Waals surface area (Å²) in [4.78, 5) is 11.3. The minimum atomic E-state index is -1.01. The van der Waals surface area contributed by atoms with E-state index < -0.39 is 5.97 Å². The second-order valence-corrected chi connectivity index (χ2v) is 4.75. The lowest BCUT2D eigenvalue weighted by Crippen LogP contribution is -2.11. The summed E-state index contributed by atoms with van der Waals surface area (Å²) in [5.41, 5.74) is 7.80. The summed E-state index contributed by atoms with van der Waals surface area (Å²) in [5.74, 6) is -0.226. The van der Waals surface area contributed by atoms with Crippen molar-refractivity contribution >= 4 is 17.3 Å². The number of benzene rings is 2. The summed E-state index contributed by atoms with van der Waals surface area (Å²) in [6, 6.07) is 12.4. The lowest BCUT2D eigenvalue weighted by Gasteiger charge is -2.18. The average Bonchev–Trinajstić information content (AvgIpc) is 2.49. The van der Waals surface area contributed by atoms with Gasteiger partial charge in [-0.2, -0.15) is 0 Å². The molecule has 0 aromatic heterocycles. The van der Waals surface area contributed by atoms with E-state index in [1.165, 1.54) is 6.07 Å². The van der Waals surface area contributed by atoms with Gasteiger partial charge in [0.05, 0.1) is 12.7 Å². The zero-order valence-electron chi connectivity index (χ0n) is 12.0. The topological polar surface area (TPSA) is 84.6 Å². The van der Waals surface area contributed by atoms with Crippen LogP contribution in [-0.2, 0) is 0 Å². The smallest absolute Gasteiger partial charge is 0.337 e. The van der Waals surface area contributed by atoms with Gasteiger partial charge in [0.1, 0.15) is 5.75 Å². The summed E-state index contributed by atoms with van der Waals surface area (Å²) in [7, 11) is 1.62. The summed E-state index contributed by atoms with van der Waals surface area (Å²) in [6.07, 6.45) is 0. The number of methoxy groups -OCH3 is 1. The summed E-state index contributed by atoms with van der Waals surface area (Å²) < 4.78 is 5.12. The van der Waals surface area contributed by atoms with E-state index in [-0.39, 0.29) is 11.6 Å². The summed E-state index contributed by atoms with van der Waals surface area (Å²) in [6.45, 7) is 1.96. The number of anilines is 2. The predicted molar refractivity (Wildman–Crippen MR) is 82.8 cm³/mol. The number of carbonyl (C=O) groups is 1. The molecule has 5 heteroatoms. The molecule has 0 fully saturated rings. The van der Waals surface area contributed by atoms with Gasteiger partial charge >= 0.3 is 5.97 Å². The van der Waals surface area contributed by atoms with Gasteiger partial charge in [0.25, 0.3) is 0 Å². The maximum atomic E-state index is 11.3. The highest BCUT2D eigenvalue weighted by Crippen LogP contribution is 2.25. The van der Waals surface area contributed by atoms with Gasteiger partial charge < -0.3 is 20.9 Å². The van der Waals surface area contributed by atoms with Crippen LogP contribution in [0.15, 0.2) is 42.5 Å². The van der Waals surface area contributed by atoms with Crippen molar-refractivity contribution in [3.63, 3.8) is 0 Å². The Balaban J connectivity index is 2.22. The van der Waals surface area contributed by atoms with Crippen LogP contribution in [0.4, 0.5) is 11.4 Å². The molecule has 4 N–H and O–H groups in total. The summed E-state index contributed by atoms with van der Waals surface area (Å²) in [5, 5.41) is 12.4. The van der Waals surface area contributed by atoms with Gasteiger partial charge in [-0.25, -0.2) is 4.79 Å². The van der Waals surface area contributed by atoms with Crippen molar-refractivity contribution in [2.45, 2.75) is 13.0 Å². The molecule has 0 saturated heterocycles. The van der Waals surface area contributed by atoms with E-state index in [0.29, 0.717) is 11.4 Å². The highest BCUT2D eigenvalue weighted by atomic mass is 16.5. The third-order valence-electron chi connectivity index (χ3n) is 3.26. The van der Waals surface area contributed by atoms with E-state index in [9.17, 15) is 9.90 Å². The van der Waals surface area contributed by atoms with Gasteiger partial charge in [-0.05, 0) is 42.8 Å². The minimum Gasteiger partial charge on any atom is -0.497 e. The van der Waals surface area contributed by atoms with Crippen LogP contribution in [-0.4, -0.2) is 18.2 Å². The largest absolute Gasteiger partial charge is 0.497 e. The SMILES string of the molecule is COc1ccc(C(C)Nc2ccc(N)cc2C(=O)O)cc1. The molecule has 1 atom stereocenters. The third-order valence-corrected chi connectivity index (χ3v) is 3.26. The van der Waals surface area contributed by atoms with Crippen molar-refractivity contribution < 1.29 is 14.6 Å². The van der Waals surface area contributed by atoms with Crippen LogP contribution in [0.25, 0.3) is 0 Å². The Bertz CT molecular complexity index is 638.